The molecule has 0 aromatic carbocycles. The number of aliphatic hydroxyl groups is 1. The molecule has 1 aliphatic heterocycles. The Labute approximate surface area is 92.4 Å². The van der Waals surface area contributed by atoms with Crippen LogP contribution < -0.4 is 0 Å². The molecule has 3 unspecified atom stereocenters. The van der Waals surface area contributed by atoms with Crippen molar-refractivity contribution < 1.29 is 9.84 Å². The van der Waals surface area contributed by atoms with Crippen LogP contribution in [0.4, 0.5) is 0 Å². The Hall–Kier alpha value is -0.120. The van der Waals surface area contributed by atoms with Crippen molar-refractivity contribution in [3.8, 4) is 0 Å². The van der Waals surface area contributed by atoms with Crippen molar-refractivity contribution >= 4 is 0 Å². The summed E-state index contributed by atoms with van der Waals surface area (Å²) in [6.45, 7) is 6.36. The van der Waals surface area contributed by atoms with Gasteiger partial charge in [0.25, 0.3) is 0 Å². The van der Waals surface area contributed by atoms with Crippen LogP contribution in [0.3, 0.4) is 0 Å². The molecular weight excluding hydrogens is 190 g/mol. The first kappa shape index (κ1) is 11.4. The van der Waals surface area contributed by atoms with Crippen molar-refractivity contribution in [1.29, 1.82) is 0 Å². The van der Waals surface area contributed by atoms with Crippen molar-refractivity contribution in [2.45, 2.75) is 63.9 Å². The average molecular weight is 213 g/mol. The van der Waals surface area contributed by atoms with E-state index in [1.54, 1.807) is 0 Å². The quantitative estimate of drug-likeness (QED) is 0.726. The van der Waals surface area contributed by atoms with Gasteiger partial charge in [-0.05, 0) is 32.4 Å². The van der Waals surface area contributed by atoms with Gasteiger partial charge in [0.1, 0.15) is 6.10 Å². The molecule has 3 atom stereocenters. The van der Waals surface area contributed by atoms with E-state index in [2.05, 4.69) is 18.7 Å². The molecule has 0 aromatic rings. The molecule has 1 saturated carbocycles. The van der Waals surface area contributed by atoms with Crippen LogP contribution in [0.15, 0.2) is 0 Å². The average Bonchev–Trinajstić information content (AvgIpc) is 2.92. The summed E-state index contributed by atoms with van der Waals surface area (Å²) in [5.74, 6) is 0. The van der Waals surface area contributed by atoms with E-state index in [0.717, 1.165) is 32.4 Å². The van der Waals surface area contributed by atoms with Crippen LogP contribution in [0, 0.1) is 0 Å². The fourth-order valence-electron chi connectivity index (χ4n) is 3.00. The first-order valence-corrected chi connectivity index (χ1v) is 6.35. The molecule has 1 N–H and O–H groups in total. The zero-order valence-corrected chi connectivity index (χ0v) is 9.91. The Morgan fingerprint density at radius 3 is 2.67 bits per heavy atom. The van der Waals surface area contributed by atoms with Gasteiger partial charge in [0.2, 0.25) is 0 Å². The van der Waals surface area contributed by atoms with Crippen LogP contribution in [0.2, 0.25) is 0 Å². The van der Waals surface area contributed by atoms with E-state index in [9.17, 15) is 5.11 Å². The van der Waals surface area contributed by atoms with E-state index in [1.165, 1.54) is 12.8 Å². The Balaban J connectivity index is 2.07. The van der Waals surface area contributed by atoms with Gasteiger partial charge in [-0.3, -0.25) is 4.90 Å². The second kappa shape index (κ2) is 4.40. The minimum atomic E-state index is -0.245. The van der Waals surface area contributed by atoms with E-state index in [-0.39, 0.29) is 17.9 Å². The van der Waals surface area contributed by atoms with Crippen LogP contribution in [0.25, 0.3) is 0 Å². The second-order valence-electron chi connectivity index (χ2n) is 4.72. The summed E-state index contributed by atoms with van der Waals surface area (Å²) in [6.07, 6.45) is 5.46. The maximum absolute atomic E-state index is 9.98. The van der Waals surface area contributed by atoms with Gasteiger partial charge in [-0.2, -0.15) is 0 Å². The summed E-state index contributed by atoms with van der Waals surface area (Å²) >= 11 is 0. The number of nitrogens with zero attached hydrogens (tertiary/aromatic N) is 1. The van der Waals surface area contributed by atoms with Gasteiger partial charge in [-0.15, -0.1) is 0 Å². The van der Waals surface area contributed by atoms with E-state index < -0.39 is 0 Å². The maximum atomic E-state index is 9.98. The van der Waals surface area contributed by atoms with Crippen LogP contribution in [0.5, 0.6) is 0 Å². The molecule has 2 aliphatic rings. The van der Waals surface area contributed by atoms with Crippen LogP contribution in [0.1, 0.15) is 46.0 Å². The fourth-order valence-corrected chi connectivity index (χ4v) is 3.00. The number of fused-ring (bicyclic) bond motifs is 1. The molecule has 3 nitrogen and oxygen atoms in total. The standard InChI is InChI=1S/C12H23NO2/c1-3-13(4-2)12-9-7-5-6-8-10(14)11(12)15-12/h10-11,14H,3-9H2,1-2H3. The van der Waals surface area contributed by atoms with Gasteiger partial charge in [-0.25, -0.2) is 0 Å². The third-order valence-corrected chi connectivity index (χ3v) is 3.90. The van der Waals surface area contributed by atoms with E-state index in [0.29, 0.717) is 0 Å². The summed E-state index contributed by atoms with van der Waals surface area (Å²) < 4.78 is 5.86. The highest BCUT2D eigenvalue weighted by atomic mass is 16.6. The molecule has 15 heavy (non-hydrogen) atoms. The highest BCUT2D eigenvalue weighted by Gasteiger charge is 2.62. The van der Waals surface area contributed by atoms with Gasteiger partial charge in [-0.1, -0.05) is 26.7 Å². The van der Waals surface area contributed by atoms with Crippen LogP contribution in [-0.2, 0) is 4.74 Å². The Bertz CT molecular complexity index is 218. The topological polar surface area (TPSA) is 36.0 Å². The normalized spacial score (nSPS) is 40.8. The first-order chi connectivity index (χ1) is 7.24. The van der Waals surface area contributed by atoms with Gasteiger partial charge < -0.3 is 9.84 Å². The highest BCUT2D eigenvalue weighted by molar-refractivity contribution is 5.05. The van der Waals surface area contributed by atoms with Crippen molar-refractivity contribution in [1.82, 2.24) is 4.90 Å². The number of ether oxygens (including phenoxy) is 1. The molecule has 0 amide bonds. The zero-order chi connectivity index (χ0) is 10.9. The number of hydrogen-bond acceptors (Lipinski definition) is 3. The van der Waals surface area contributed by atoms with Crippen molar-refractivity contribution in [3.05, 3.63) is 0 Å². The number of epoxide rings is 1. The van der Waals surface area contributed by atoms with Gasteiger partial charge in [0.15, 0.2) is 5.72 Å². The molecular formula is C12H23NO2. The summed E-state index contributed by atoms with van der Waals surface area (Å²) in [5, 5.41) is 9.98. The SMILES string of the molecule is CCN(CC)C12CCCCCC(O)C1O2. The number of aliphatic hydroxyl groups excluding tert-OH is 1. The number of hydrogen-bond donors (Lipinski definition) is 1. The van der Waals surface area contributed by atoms with Gasteiger partial charge in [0.05, 0.1) is 6.10 Å². The maximum Gasteiger partial charge on any atom is 0.151 e. The lowest BCUT2D eigenvalue weighted by Gasteiger charge is -2.29. The summed E-state index contributed by atoms with van der Waals surface area (Å²) in [7, 11) is 0. The van der Waals surface area contributed by atoms with E-state index in [1.807, 2.05) is 0 Å². The van der Waals surface area contributed by atoms with E-state index >= 15 is 0 Å². The Kier molecular flexibility index (Phi) is 3.33. The summed E-state index contributed by atoms with van der Waals surface area (Å²) in [4.78, 5) is 2.37. The van der Waals surface area contributed by atoms with Crippen molar-refractivity contribution in [2.75, 3.05) is 13.1 Å². The molecule has 0 bridgehead atoms. The van der Waals surface area contributed by atoms with Crippen LogP contribution >= 0.6 is 0 Å². The van der Waals surface area contributed by atoms with Crippen molar-refractivity contribution in [2.24, 2.45) is 0 Å². The predicted molar refractivity (Wildman–Crippen MR) is 59.6 cm³/mol. The van der Waals surface area contributed by atoms with E-state index in [4.69, 9.17) is 4.74 Å². The zero-order valence-electron chi connectivity index (χ0n) is 9.91. The lowest BCUT2D eigenvalue weighted by molar-refractivity contribution is 0.0763. The molecule has 1 saturated heterocycles. The molecule has 2 rings (SSSR count). The minimum absolute atomic E-state index is 0.0812. The molecule has 0 aromatic heterocycles. The first-order valence-electron chi connectivity index (χ1n) is 6.35. The van der Waals surface area contributed by atoms with Gasteiger partial charge in [0, 0.05) is 0 Å². The Morgan fingerprint density at radius 1 is 1.27 bits per heavy atom. The molecule has 1 aliphatic carbocycles. The third-order valence-electron chi connectivity index (χ3n) is 3.90. The molecule has 1 heterocycles. The van der Waals surface area contributed by atoms with Crippen LogP contribution in [-0.4, -0.2) is 41.0 Å². The van der Waals surface area contributed by atoms with Gasteiger partial charge >= 0.3 is 0 Å². The highest BCUT2D eigenvalue weighted by Crippen LogP contribution is 2.47. The largest absolute Gasteiger partial charge is 0.390 e. The monoisotopic (exact) mass is 213 g/mol. The van der Waals surface area contributed by atoms with Crippen molar-refractivity contribution in [3.63, 3.8) is 0 Å². The summed E-state index contributed by atoms with van der Waals surface area (Å²) in [5.41, 5.74) is -0.108. The fraction of sp³-hybridized carbons (Fsp3) is 1.00. The second-order valence-corrected chi connectivity index (χ2v) is 4.72. The molecule has 3 heteroatoms. The lowest BCUT2D eigenvalue weighted by atomic mass is 9.93. The summed E-state index contributed by atoms with van der Waals surface area (Å²) in [6, 6.07) is 0. The minimum Gasteiger partial charge on any atom is -0.390 e. The predicted octanol–water partition coefficient (Wildman–Crippen LogP) is 1.75. The Morgan fingerprint density at radius 2 is 2.00 bits per heavy atom. The number of rotatable bonds is 3. The molecule has 0 radical (unpaired) electrons. The lowest BCUT2D eigenvalue weighted by Crippen LogP contribution is -2.43. The third kappa shape index (κ3) is 1.93. The number of likely N-dealkylation sites (N-methyl/N-ethyl adjacent to an activating group) is 1. The molecule has 2 fully saturated rings. The molecule has 0 spiro atoms. The smallest absolute Gasteiger partial charge is 0.151 e. The molecule has 88 valence electrons.